The van der Waals surface area contributed by atoms with Crippen LogP contribution in [0.25, 0.3) is 11.3 Å². The molecular weight excluding hydrogens is 195 g/mol. The van der Waals surface area contributed by atoms with Crippen molar-refractivity contribution in [3.05, 3.63) is 41.8 Å². The second kappa shape index (κ2) is 3.93. The van der Waals surface area contributed by atoms with E-state index < -0.39 is 0 Å². The average molecular weight is 202 g/mol. The largest absolute Gasteiger partial charge is 0.356 e. The Morgan fingerprint density at radius 3 is 2.93 bits per heavy atom. The average Bonchev–Trinajstić information content (AvgIpc) is 2.68. The van der Waals surface area contributed by atoms with Gasteiger partial charge < -0.3 is 4.52 Å². The first-order valence-electron chi connectivity index (χ1n) is 4.38. The van der Waals surface area contributed by atoms with Crippen LogP contribution in [0.5, 0.6) is 0 Å². The molecule has 0 bridgehead atoms. The minimum atomic E-state index is -0.364. The molecule has 0 saturated carbocycles. The van der Waals surface area contributed by atoms with E-state index in [0.717, 1.165) is 0 Å². The molecule has 15 heavy (non-hydrogen) atoms. The second-order valence-corrected chi connectivity index (χ2v) is 3.00. The van der Waals surface area contributed by atoms with Crippen LogP contribution in [0.15, 0.2) is 34.9 Å². The number of hydrogen-bond acceptors (Lipinski definition) is 3. The van der Waals surface area contributed by atoms with Gasteiger partial charge in [-0.15, -0.1) is 0 Å². The fourth-order valence-corrected chi connectivity index (χ4v) is 1.26. The molecule has 0 amide bonds. The van der Waals surface area contributed by atoms with E-state index in [0.29, 0.717) is 17.0 Å². The van der Waals surface area contributed by atoms with E-state index in [1.165, 1.54) is 6.07 Å². The van der Waals surface area contributed by atoms with E-state index in [9.17, 15) is 4.39 Å². The summed E-state index contributed by atoms with van der Waals surface area (Å²) in [6.07, 6.45) is 0.165. The van der Waals surface area contributed by atoms with Gasteiger partial charge in [0, 0.05) is 6.07 Å². The van der Waals surface area contributed by atoms with Crippen LogP contribution < -0.4 is 0 Å². The lowest BCUT2D eigenvalue weighted by Gasteiger charge is -1.95. The highest BCUT2D eigenvalue weighted by Gasteiger charge is 2.09. The lowest BCUT2D eigenvalue weighted by atomic mass is 10.1. The molecule has 0 unspecified atom stereocenters. The second-order valence-electron chi connectivity index (χ2n) is 3.00. The summed E-state index contributed by atoms with van der Waals surface area (Å²) in [6, 6.07) is 9.79. The van der Waals surface area contributed by atoms with E-state index in [4.69, 9.17) is 9.78 Å². The molecular formula is C11H7FN2O. The van der Waals surface area contributed by atoms with E-state index in [2.05, 4.69) is 5.16 Å². The number of benzene rings is 1. The summed E-state index contributed by atoms with van der Waals surface area (Å²) < 4.78 is 18.3. The Kier molecular flexibility index (Phi) is 2.46. The molecule has 0 fully saturated rings. The van der Waals surface area contributed by atoms with Gasteiger partial charge in [-0.3, -0.25) is 0 Å². The Labute approximate surface area is 85.7 Å². The standard InChI is InChI=1S/C11H7FN2O/c12-10-4-2-1-3-9(10)11-7-8(5-6-13)14-15-11/h1-4,7H,5H2. The molecule has 4 heteroatoms. The van der Waals surface area contributed by atoms with Crippen molar-refractivity contribution in [1.82, 2.24) is 5.16 Å². The summed E-state index contributed by atoms with van der Waals surface area (Å²) in [6.45, 7) is 0. The quantitative estimate of drug-likeness (QED) is 0.751. The van der Waals surface area contributed by atoms with Gasteiger partial charge in [-0.2, -0.15) is 5.26 Å². The summed E-state index contributed by atoms with van der Waals surface area (Å²) in [7, 11) is 0. The molecule has 0 aliphatic heterocycles. The van der Waals surface area contributed by atoms with Crippen molar-refractivity contribution < 1.29 is 8.91 Å². The van der Waals surface area contributed by atoms with E-state index in [1.54, 1.807) is 24.3 Å². The van der Waals surface area contributed by atoms with Crippen LogP contribution in [0.4, 0.5) is 4.39 Å². The summed E-state index contributed by atoms with van der Waals surface area (Å²) in [5, 5.41) is 12.1. The van der Waals surface area contributed by atoms with Crippen LogP contribution >= 0.6 is 0 Å². The Morgan fingerprint density at radius 2 is 2.20 bits per heavy atom. The number of aromatic nitrogens is 1. The van der Waals surface area contributed by atoms with Crippen LogP contribution in [-0.4, -0.2) is 5.16 Å². The monoisotopic (exact) mass is 202 g/mol. The van der Waals surface area contributed by atoms with Gasteiger partial charge in [-0.25, -0.2) is 4.39 Å². The minimum Gasteiger partial charge on any atom is -0.356 e. The van der Waals surface area contributed by atoms with Crippen molar-refractivity contribution in [2.24, 2.45) is 0 Å². The van der Waals surface area contributed by atoms with Gasteiger partial charge in [0.25, 0.3) is 0 Å². The molecule has 1 aromatic carbocycles. The van der Waals surface area contributed by atoms with Crippen molar-refractivity contribution in [2.75, 3.05) is 0 Å². The zero-order chi connectivity index (χ0) is 10.7. The van der Waals surface area contributed by atoms with Crippen LogP contribution in [0.1, 0.15) is 5.69 Å². The molecule has 0 spiro atoms. The van der Waals surface area contributed by atoms with Gasteiger partial charge in [0.15, 0.2) is 5.76 Å². The van der Waals surface area contributed by atoms with Crippen molar-refractivity contribution in [3.8, 4) is 17.4 Å². The van der Waals surface area contributed by atoms with Crippen molar-refractivity contribution in [2.45, 2.75) is 6.42 Å². The highest BCUT2D eigenvalue weighted by atomic mass is 19.1. The van der Waals surface area contributed by atoms with Crippen molar-refractivity contribution >= 4 is 0 Å². The van der Waals surface area contributed by atoms with Crippen LogP contribution in [0.2, 0.25) is 0 Å². The van der Waals surface area contributed by atoms with Gasteiger partial charge in [0.05, 0.1) is 23.7 Å². The Morgan fingerprint density at radius 1 is 1.40 bits per heavy atom. The maximum atomic E-state index is 13.3. The van der Waals surface area contributed by atoms with Crippen molar-refractivity contribution in [1.29, 1.82) is 5.26 Å². The molecule has 1 aromatic heterocycles. The van der Waals surface area contributed by atoms with Crippen LogP contribution in [-0.2, 0) is 6.42 Å². The summed E-state index contributed by atoms with van der Waals surface area (Å²) in [5.74, 6) is -0.0180. The molecule has 0 aliphatic rings. The van der Waals surface area contributed by atoms with Gasteiger partial charge >= 0.3 is 0 Å². The molecule has 0 radical (unpaired) electrons. The molecule has 2 rings (SSSR count). The van der Waals surface area contributed by atoms with E-state index in [1.807, 2.05) is 6.07 Å². The van der Waals surface area contributed by atoms with Gasteiger partial charge in [0.1, 0.15) is 5.82 Å². The molecule has 74 valence electrons. The smallest absolute Gasteiger partial charge is 0.170 e. The predicted molar refractivity (Wildman–Crippen MR) is 51.2 cm³/mol. The van der Waals surface area contributed by atoms with E-state index >= 15 is 0 Å². The molecule has 0 aliphatic carbocycles. The molecule has 2 aromatic rings. The molecule has 3 nitrogen and oxygen atoms in total. The minimum absolute atomic E-state index is 0.165. The molecule has 0 saturated heterocycles. The summed E-state index contributed by atoms with van der Waals surface area (Å²) >= 11 is 0. The third kappa shape index (κ3) is 1.86. The fraction of sp³-hybridized carbons (Fsp3) is 0.0909. The molecule has 0 N–H and O–H groups in total. The van der Waals surface area contributed by atoms with Gasteiger partial charge in [-0.1, -0.05) is 17.3 Å². The van der Waals surface area contributed by atoms with E-state index in [-0.39, 0.29) is 12.2 Å². The first-order valence-corrected chi connectivity index (χ1v) is 4.38. The maximum Gasteiger partial charge on any atom is 0.170 e. The zero-order valence-electron chi connectivity index (χ0n) is 7.77. The van der Waals surface area contributed by atoms with Crippen LogP contribution in [0.3, 0.4) is 0 Å². The first kappa shape index (κ1) is 9.41. The number of hydrogen-bond donors (Lipinski definition) is 0. The SMILES string of the molecule is N#CCc1cc(-c2ccccc2F)on1. The van der Waals surface area contributed by atoms with Gasteiger partial charge in [-0.05, 0) is 12.1 Å². The first-order chi connectivity index (χ1) is 7.31. The predicted octanol–water partition coefficient (Wildman–Crippen LogP) is 2.55. The molecule has 1 heterocycles. The fourth-order valence-electron chi connectivity index (χ4n) is 1.26. The zero-order valence-corrected chi connectivity index (χ0v) is 7.77. The number of rotatable bonds is 2. The Balaban J connectivity index is 2.38. The molecule has 0 atom stereocenters. The lowest BCUT2D eigenvalue weighted by molar-refractivity contribution is 0.423. The topological polar surface area (TPSA) is 49.8 Å². The third-order valence-electron chi connectivity index (χ3n) is 1.96. The Bertz CT molecular complexity index is 513. The number of nitrogens with zero attached hydrogens (tertiary/aromatic N) is 2. The van der Waals surface area contributed by atoms with Gasteiger partial charge in [0.2, 0.25) is 0 Å². The normalized spacial score (nSPS) is 9.87. The van der Waals surface area contributed by atoms with Crippen molar-refractivity contribution in [3.63, 3.8) is 0 Å². The number of halogens is 1. The summed E-state index contributed by atoms with van der Waals surface area (Å²) in [5.41, 5.74) is 0.866. The third-order valence-corrected chi connectivity index (χ3v) is 1.96. The number of nitriles is 1. The highest BCUT2D eigenvalue weighted by Crippen LogP contribution is 2.23. The highest BCUT2D eigenvalue weighted by molar-refractivity contribution is 5.58. The Hall–Kier alpha value is -2.15. The van der Waals surface area contributed by atoms with Crippen LogP contribution in [0, 0.1) is 17.1 Å². The lowest BCUT2D eigenvalue weighted by Crippen LogP contribution is -1.80. The summed E-state index contributed by atoms with van der Waals surface area (Å²) in [4.78, 5) is 0. The maximum absolute atomic E-state index is 13.3.